The van der Waals surface area contributed by atoms with E-state index in [4.69, 9.17) is 0 Å². The van der Waals surface area contributed by atoms with Crippen molar-refractivity contribution in [1.82, 2.24) is 25.1 Å². The first-order chi connectivity index (χ1) is 18.2. The Morgan fingerprint density at radius 1 is 1.00 bits per heavy atom. The van der Waals surface area contributed by atoms with Crippen molar-refractivity contribution in [2.45, 2.75) is 57.5 Å². The number of hydrogen-bond donors (Lipinski definition) is 1. The zero-order valence-corrected chi connectivity index (χ0v) is 21.7. The largest absolute Gasteiger partial charge is 0.416 e. The fourth-order valence-corrected chi connectivity index (χ4v) is 5.57. The van der Waals surface area contributed by atoms with E-state index in [9.17, 15) is 18.0 Å². The number of urea groups is 1. The van der Waals surface area contributed by atoms with Crippen LogP contribution in [-0.4, -0.2) is 70.1 Å². The summed E-state index contributed by atoms with van der Waals surface area (Å²) in [5, 5.41) is 3.25. The van der Waals surface area contributed by atoms with E-state index in [2.05, 4.69) is 44.5 Å². The number of piperazine rings is 1. The number of carbonyl (C=O) groups is 1. The van der Waals surface area contributed by atoms with Crippen LogP contribution in [0.5, 0.6) is 0 Å². The summed E-state index contributed by atoms with van der Waals surface area (Å²) in [5.74, 6) is 0.599. The minimum Gasteiger partial charge on any atom is -0.351 e. The molecule has 2 aliphatic rings. The molecular formula is C28H33F3N6O. The summed E-state index contributed by atoms with van der Waals surface area (Å²) in [5.41, 5.74) is 1.18. The van der Waals surface area contributed by atoms with Crippen molar-refractivity contribution in [3.8, 4) is 0 Å². The van der Waals surface area contributed by atoms with Crippen LogP contribution in [0.15, 0.2) is 54.7 Å². The number of alkyl halides is 3. The second-order valence-corrected chi connectivity index (χ2v) is 10.4. The van der Waals surface area contributed by atoms with Crippen molar-refractivity contribution in [1.29, 1.82) is 0 Å². The minimum absolute atomic E-state index is 0.0459. The highest BCUT2D eigenvalue weighted by atomic mass is 19.4. The number of hydrogen-bond acceptors (Lipinski definition) is 5. The Kier molecular flexibility index (Phi) is 7.43. The molecule has 0 spiro atoms. The van der Waals surface area contributed by atoms with Crippen LogP contribution in [0.1, 0.15) is 37.8 Å². The zero-order valence-electron chi connectivity index (χ0n) is 21.7. The lowest BCUT2D eigenvalue weighted by molar-refractivity contribution is -0.137. The van der Waals surface area contributed by atoms with Crippen molar-refractivity contribution in [3.05, 3.63) is 65.9 Å². The topological polar surface area (TPSA) is 64.6 Å². The number of fused-ring (bicyclic) bond motifs is 1. The van der Waals surface area contributed by atoms with Gasteiger partial charge in [-0.25, -0.2) is 9.78 Å². The van der Waals surface area contributed by atoms with Gasteiger partial charge >= 0.3 is 12.2 Å². The number of rotatable bonds is 4. The third-order valence-electron chi connectivity index (χ3n) is 7.50. The smallest absolute Gasteiger partial charge is 0.351 e. The number of aromatic nitrogens is 2. The molecule has 38 heavy (non-hydrogen) atoms. The molecule has 2 aromatic carbocycles. The van der Waals surface area contributed by atoms with Gasteiger partial charge in [0.1, 0.15) is 5.82 Å². The van der Waals surface area contributed by atoms with Crippen LogP contribution in [0.25, 0.3) is 11.0 Å². The third kappa shape index (κ3) is 5.85. The summed E-state index contributed by atoms with van der Waals surface area (Å²) in [6.07, 6.45) is -1.07. The summed E-state index contributed by atoms with van der Waals surface area (Å²) >= 11 is 0. The van der Waals surface area contributed by atoms with Crippen molar-refractivity contribution >= 4 is 22.9 Å². The summed E-state index contributed by atoms with van der Waals surface area (Å²) in [6.45, 7) is 7.97. The summed E-state index contributed by atoms with van der Waals surface area (Å²) in [6, 6.07) is 13.8. The molecule has 3 heterocycles. The van der Waals surface area contributed by atoms with Gasteiger partial charge in [0.2, 0.25) is 0 Å². The van der Waals surface area contributed by atoms with Gasteiger partial charge in [-0.3, -0.25) is 9.88 Å². The van der Waals surface area contributed by atoms with Crippen LogP contribution in [0.3, 0.4) is 0 Å². The maximum absolute atomic E-state index is 13.3. The molecule has 2 fully saturated rings. The average molecular weight is 527 g/mol. The van der Waals surface area contributed by atoms with Gasteiger partial charge in [0.15, 0.2) is 0 Å². The van der Waals surface area contributed by atoms with Crippen LogP contribution in [0.4, 0.5) is 23.8 Å². The number of amides is 2. The van der Waals surface area contributed by atoms with Crippen molar-refractivity contribution in [3.63, 3.8) is 0 Å². The first-order valence-corrected chi connectivity index (χ1v) is 13.1. The molecule has 0 radical (unpaired) electrons. The summed E-state index contributed by atoms with van der Waals surface area (Å²) in [7, 11) is 0. The Morgan fingerprint density at radius 3 is 2.34 bits per heavy atom. The van der Waals surface area contributed by atoms with Gasteiger partial charge in [-0.1, -0.05) is 30.3 Å². The molecular weight excluding hydrogens is 493 g/mol. The molecule has 2 saturated heterocycles. The monoisotopic (exact) mass is 526 g/mol. The molecule has 5 rings (SSSR count). The second kappa shape index (κ2) is 10.8. The molecule has 0 aliphatic carbocycles. The second-order valence-electron chi connectivity index (χ2n) is 10.4. The SMILES string of the molecule is C[C@@H]1CN(c2cnc3cc(C(F)(F)F)ccc3n2)C[C@@H](C)N1C(=O)NC1CCN(Cc2ccccc2)CC1. The molecule has 1 aromatic heterocycles. The van der Waals surface area contributed by atoms with Gasteiger partial charge in [0.05, 0.1) is 22.8 Å². The first-order valence-electron chi connectivity index (χ1n) is 13.1. The Balaban J connectivity index is 1.17. The molecule has 2 atom stereocenters. The third-order valence-corrected chi connectivity index (χ3v) is 7.50. The summed E-state index contributed by atoms with van der Waals surface area (Å²) < 4.78 is 39.1. The minimum atomic E-state index is -4.42. The van der Waals surface area contributed by atoms with Gasteiger partial charge in [-0.15, -0.1) is 0 Å². The molecule has 2 amide bonds. The number of carbonyl (C=O) groups excluding carboxylic acids is 1. The van der Waals surface area contributed by atoms with E-state index in [0.29, 0.717) is 24.4 Å². The quantitative estimate of drug-likeness (QED) is 0.523. The number of halogens is 3. The van der Waals surface area contributed by atoms with Crippen LogP contribution in [0.2, 0.25) is 0 Å². The Labute approximate surface area is 220 Å². The Bertz CT molecular complexity index is 1250. The lowest BCUT2D eigenvalue weighted by Gasteiger charge is -2.45. The number of piperidine rings is 1. The van der Waals surface area contributed by atoms with Crippen LogP contribution in [0, 0.1) is 0 Å². The molecule has 0 bridgehead atoms. The normalized spacial score (nSPS) is 21.6. The maximum atomic E-state index is 13.3. The molecule has 2 aliphatic heterocycles. The van der Waals surface area contributed by atoms with Gasteiger partial charge in [0.25, 0.3) is 0 Å². The van der Waals surface area contributed by atoms with E-state index < -0.39 is 11.7 Å². The molecule has 10 heteroatoms. The molecule has 202 valence electrons. The highest BCUT2D eigenvalue weighted by molar-refractivity contribution is 5.77. The molecule has 0 saturated carbocycles. The lowest BCUT2D eigenvalue weighted by Crippen LogP contribution is -2.62. The zero-order chi connectivity index (χ0) is 26.9. The predicted molar refractivity (Wildman–Crippen MR) is 141 cm³/mol. The molecule has 1 N–H and O–H groups in total. The number of benzene rings is 2. The van der Waals surface area contributed by atoms with E-state index in [1.54, 1.807) is 0 Å². The fraction of sp³-hybridized carbons (Fsp3) is 0.464. The van der Waals surface area contributed by atoms with Crippen molar-refractivity contribution in [2.75, 3.05) is 31.1 Å². The van der Waals surface area contributed by atoms with Gasteiger partial charge < -0.3 is 15.1 Å². The predicted octanol–water partition coefficient (Wildman–Crippen LogP) is 4.92. The number of nitrogens with one attached hydrogen (secondary N) is 1. The summed E-state index contributed by atoms with van der Waals surface area (Å²) in [4.78, 5) is 28.4. The van der Waals surface area contributed by atoms with E-state index in [1.807, 2.05) is 29.7 Å². The van der Waals surface area contributed by atoms with E-state index in [-0.39, 0.29) is 29.7 Å². The highest BCUT2D eigenvalue weighted by Gasteiger charge is 2.35. The van der Waals surface area contributed by atoms with Crippen molar-refractivity contribution in [2.24, 2.45) is 0 Å². The van der Waals surface area contributed by atoms with Gasteiger partial charge in [-0.05, 0) is 50.5 Å². The molecule has 3 aromatic rings. The van der Waals surface area contributed by atoms with Crippen molar-refractivity contribution < 1.29 is 18.0 Å². The molecule has 7 nitrogen and oxygen atoms in total. The Morgan fingerprint density at radius 2 is 1.68 bits per heavy atom. The lowest BCUT2D eigenvalue weighted by atomic mass is 10.0. The van der Waals surface area contributed by atoms with E-state index >= 15 is 0 Å². The van der Waals surface area contributed by atoms with Gasteiger partial charge in [0, 0.05) is 50.8 Å². The maximum Gasteiger partial charge on any atom is 0.416 e. The highest BCUT2D eigenvalue weighted by Crippen LogP contribution is 2.31. The van der Waals surface area contributed by atoms with Crippen LogP contribution >= 0.6 is 0 Å². The standard InChI is InChI=1S/C28H33F3N6O/c1-19-16-36(26-15-32-25-14-22(28(29,30)31)8-9-24(25)34-26)17-20(2)37(19)27(38)33-23-10-12-35(13-11-23)18-21-6-4-3-5-7-21/h3-9,14-15,19-20,23H,10-13,16-18H2,1-2H3,(H,33,38)/t19-,20-/m1/s1. The number of nitrogens with zero attached hydrogens (tertiary/aromatic N) is 5. The fourth-order valence-electron chi connectivity index (χ4n) is 5.57. The van der Waals surface area contributed by atoms with Crippen LogP contribution < -0.4 is 10.2 Å². The number of anilines is 1. The first kappa shape index (κ1) is 26.2. The number of likely N-dealkylation sites (tertiary alicyclic amines) is 1. The van der Waals surface area contributed by atoms with E-state index in [1.165, 1.54) is 17.8 Å². The van der Waals surface area contributed by atoms with Gasteiger partial charge in [-0.2, -0.15) is 13.2 Å². The Hall–Kier alpha value is -3.40. The van der Waals surface area contributed by atoms with Crippen LogP contribution in [-0.2, 0) is 12.7 Å². The average Bonchev–Trinajstić information content (AvgIpc) is 2.89. The van der Waals surface area contributed by atoms with E-state index in [0.717, 1.165) is 44.6 Å². The molecule has 0 unspecified atom stereocenters.